The fraction of sp³-hybridized carbons (Fsp3) is 0.444. The fourth-order valence-corrected chi connectivity index (χ4v) is 2.03. The summed E-state index contributed by atoms with van der Waals surface area (Å²) in [7, 11) is 0. The van der Waals surface area contributed by atoms with Crippen LogP contribution in [0.25, 0.3) is 5.57 Å². The summed E-state index contributed by atoms with van der Waals surface area (Å²) < 4.78 is 0. The molecule has 0 amide bonds. The van der Waals surface area contributed by atoms with E-state index < -0.39 is 0 Å². The van der Waals surface area contributed by atoms with Gasteiger partial charge in [0.05, 0.1) is 16.8 Å². The van der Waals surface area contributed by atoms with Gasteiger partial charge in [-0.3, -0.25) is 0 Å². The average molecular weight is 196 g/mol. The highest BCUT2D eigenvalue weighted by Crippen LogP contribution is 2.18. The van der Waals surface area contributed by atoms with Gasteiger partial charge in [-0.05, 0) is 18.6 Å². The standard InChI is InChI=1S/C9H12N2OS/c1-6-11-9(5-13-6)7-2-8(12)4-10-3-7/h2,5,8,10,12H,3-4H2,1H3. The van der Waals surface area contributed by atoms with Gasteiger partial charge in [-0.25, -0.2) is 4.98 Å². The number of hydrogen-bond acceptors (Lipinski definition) is 4. The minimum Gasteiger partial charge on any atom is -0.388 e. The maximum atomic E-state index is 9.38. The predicted molar refractivity (Wildman–Crippen MR) is 53.7 cm³/mol. The maximum Gasteiger partial charge on any atom is 0.0901 e. The summed E-state index contributed by atoms with van der Waals surface area (Å²) in [5, 5.41) is 15.6. The first-order valence-corrected chi connectivity index (χ1v) is 5.15. The summed E-state index contributed by atoms with van der Waals surface area (Å²) in [4.78, 5) is 4.37. The number of β-amino-alcohol motifs (C(OH)–C–C–N with tert-alkyl or cyclic N) is 1. The molecule has 1 aromatic heterocycles. The monoisotopic (exact) mass is 196 g/mol. The van der Waals surface area contributed by atoms with Crippen LogP contribution in [0.1, 0.15) is 10.7 Å². The second-order valence-corrected chi connectivity index (χ2v) is 4.20. The first-order chi connectivity index (χ1) is 6.25. The third-order valence-corrected chi connectivity index (χ3v) is 2.78. The molecule has 0 aliphatic carbocycles. The molecule has 70 valence electrons. The van der Waals surface area contributed by atoms with Crippen LogP contribution in [-0.2, 0) is 0 Å². The van der Waals surface area contributed by atoms with Crippen LogP contribution < -0.4 is 5.32 Å². The van der Waals surface area contributed by atoms with Gasteiger partial charge in [-0.1, -0.05) is 0 Å². The van der Waals surface area contributed by atoms with E-state index in [0.29, 0.717) is 6.54 Å². The Balaban J connectivity index is 2.25. The summed E-state index contributed by atoms with van der Waals surface area (Å²) in [6.45, 7) is 3.44. The summed E-state index contributed by atoms with van der Waals surface area (Å²) in [6.07, 6.45) is 1.51. The quantitative estimate of drug-likeness (QED) is 0.698. The molecule has 2 rings (SSSR count). The molecule has 3 nitrogen and oxygen atoms in total. The summed E-state index contributed by atoms with van der Waals surface area (Å²) in [5.74, 6) is 0. The number of nitrogens with zero attached hydrogens (tertiary/aromatic N) is 1. The van der Waals surface area contributed by atoms with Crippen LogP contribution in [-0.4, -0.2) is 29.3 Å². The van der Waals surface area contributed by atoms with Crippen molar-refractivity contribution in [1.82, 2.24) is 10.3 Å². The van der Waals surface area contributed by atoms with Gasteiger partial charge >= 0.3 is 0 Å². The molecule has 0 spiro atoms. The summed E-state index contributed by atoms with van der Waals surface area (Å²) >= 11 is 1.64. The van der Waals surface area contributed by atoms with E-state index in [-0.39, 0.29) is 6.10 Å². The summed E-state index contributed by atoms with van der Waals surface area (Å²) in [5.41, 5.74) is 2.09. The van der Waals surface area contributed by atoms with Gasteiger partial charge in [0.1, 0.15) is 0 Å². The third kappa shape index (κ3) is 1.96. The van der Waals surface area contributed by atoms with Gasteiger partial charge in [0.15, 0.2) is 0 Å². The highest BCUT2D eigenvalue weighted by atomic mass is 32.1. The summed E-state index contributed by atoms with van der Waals surface area (Å²) in [6, 6.07) is 0. The molecule has 2 N–H and O–H groups in total. The van der Waals surface area contributed by atoms with Crippen LogP contribution in [0.5, 0.6) is 0 Å². The molecule has 4 heteroatoms. The van der Waals surface area contributed by atoms with Crippen molar-refractivity contribution in [1.29, 1.82) is 0 Å². The lowest BCUT2D eigenvalue weighted by molar-refractivity contribution is 0.217. The van der Waals surface area contributed by atoms with Crippen LogP contribution >= 0.6 is 11.3 Å². The van der Waals surface area contributed by atoms with E-state index in [9.17, 15) is 5.11 Å². The first kappa shape index (κ1) is 8.87. The van der Waals surface area contributed by atoms with E-state index in [1.807, 2.05) is 18.4 Å². The number of aliphatic hydroxyl groups is 1. The lowest BCUT2D eigenvalue weighted by Gasteiger charge is -2.16. The molecule has 2 heterocycles. The molecule has 1 aliphatic heterocycles. The SMILES string of the molecule is Cc1nc(C2=CC(O)CNC2)cs1. The first-order valence-electron chi connectivity index (χ1n) is 4.27. The van der Waals surface area contributed by atoms with Crippen LogP contribution in [0.4, 0.5) is 0 Å². The van der Waals surface area contributed by atoms with E-state index in [0.717, 1.165) is 22.8 Å². The van der Waals surface area contributed by atoms with Crippen molar-refractivity contribution in [3.63, 3.8) is 0 Å². The number of aliphatic hydroxyl groups excluding tert-OH is 1. The third-order valence-electron chi connectivity index (χ3n) is 2.01. The fourth-order valence-electron chi connectivity index (χ4n) is 1.39. The Morgan fingerprint density at radius 2 is 2.54 bits per heavy atom. The van der Waals surface area contributed by atoms with E-state index >= 15 is 0 Å². The van der Waals surface area contributed by atoms with Gasteiger partial charge in [0.2, 0.25) is 0 Å². The van der Waals surface area contributed by atoms with Crippen molar-refractivity contribution in [3.05, 3.63) is 22.2 Å². The van der Waals surface area contributed by atoms with Crippen molar-refractivity contribution in [2.45, 2.75) is 13.0 Å². The maximum absolute atomic E-state index is 9.38. The Labute approximate surface area is 81.1 Å². The smallest absolute Gasteiger partial charge is 0.0901 e. The van der Waals surface area contributed by atoms with Gasteiger partial charge < -0.3 is 10.4 Å². The van der Waals surface area contributed by atoms with Crippen molar-refractivity contribution in [2.75, 3.05) is 13.1 Å². The van der Waals surface area contributed by atoms with E-state index in [1.54, 1.807) is 11.3 Å². The molecule has 0 saturated heterocycles. The van der Waals surface area contributed by atoms with Crippen molar-refractivity contribution >= 4 is 16.9 Å². The van der Waals surface area contributed by atoms with Crippen LogP contribution in [0.2, 0.25) is 0 Å². The lowest BCUT2D eigenvalue weighted by atomic mass is 10.1. The van der Waals surface area contributed by atoms with Crippen molar-refractivity contribution in [3.8, 4) is 0 Å². The molecule has 13 heavy (non-hydrogen) atoms. The molecular weight excluding hydrogens is 184 g/mol. The number of aryl methyl sites for hydroxylation is 1. The van der Waals surface area contributed by atoms with E-state index in [2.05, 4.69) is 10.3 Å². The lowest BCUT2D eigenvalue weighted by Crippen LogP contribution is -2.31. The molecule has 0 saturated carbocycles. The van der Waals surface area contributed by atoms with Gasteiger partial charge in [-0.15, -0.1) is 11.3 Å². The van der Waals surface area contributed by atoms with Gasteiger partial charge in [0, 0.05) is 18.5 Å². The average Bonchev–Trinajstić information content (AvgIpc) is 2.52. The minimum atomic E-state index is -0.370. The Bertz CT molecular complexity index is 332. The molecule has 1 aromatic rings. The Morgan fingerprint density at radius 3 is 3.15 bits per heavy atom. The Kier molecular flexibility index (Phi) is 2.44. The number of rotatable bonds is 1. The molecule has 1 unspecified atom stereocenters. The second-order valence-electron chi connectivity index (χ2n) is 3.14. The largest absolute Gasteiger partial charge is 0.388 e. The Morgan fingerprint density at radius 1 is 1.69 bits per heavy atom. The molecular formula is C9H12N2OS. The zero-order valence-electron chi connectivity index (χ0n) is 7.45. The molecule has 0 aromatic carbocycles. The Hall–Kier alpha value is -0.710. The van der Waals surface area contributed by atoms with E-state index in [4.69, 9.17) is 0 Å². The highest BCUT2D eigenvalue weighted by molar-refractivity contribution is 7.09. The minimum absolute atomic E-state index is 0.370. The topological polar surface area (TPSA) is 45.2 Å². The van der Waals surface area contributed by atoms with Gasteiger partial charge in [-0.2, -0.15) is 0 Å². The molecule has 0 bridgehead atoms. The number of nitrogens with one attached hydrogen (secondary N) is 1. The molecule has 0 radical (unpaired) electrons. The highest BCUT2D eigenvalue weighted by Gasteiger charge is 2.13. The second kappa shape index (κ2) is 3.57. The number of hydrogen-bond donors (Lipinski definition) is 2. The predicted octanol–water partition coefficient (Wildman–Crippen LogP) is 0.799. The zero-order chi connectivity index (χ0) is 9.26. The molecule has 0 fully saturated rings. The van der Waals surface area contributed by atoms with Crippen LogP contribution in [0.15, 0.2) is 11.5 Å². The van der Waals surface area contributed by atoms with Crippen molar-refractivity contribution < 1.29 is 5.11 Å². The van der Waals surface area contributed by atoms with Crippen molar-refractivity contribution in [2.24, 2.45) is 0 Å². The number of thiazole rings is 1. The van der Waals surface area contributed by atoms with Gasteiger partial charge in [0.25, 0.3) is 0 Å². The van der Waals surface area contributed by atoms with E-state index in [1.165, 1.54) is 0 Å². The number of aromatic nitrogens is 1. The van der Waals surface area contributed by atoms with Crippen LogP contribution in [0.3, 0.4) is 0 Å². The molecule has 1 aliphatic rings. The zero-order valence-corrected chi connectivity index (χ0v) is 8.27. The normalized spacial score (nSPS) is 22.9. The molecule has 1 atom stereocenters. The van der Waals surface area contributed by atoms with Crippen LogP contribution in [0, 0.1) is 6.92 Å².